The van der Waals surface area contributed by atoms with Crippen molar-refractivity contribution in [3.63, 3.8) is 0 Å². The van der Waals surface area contributed by atoms with Crippen LogP contribution in [0.4, 0.5) is 5.69 Å². The topological polar surface area (TPSA) is 37.0 Å². The van der Waals surface area contributed by atoms with Crippen LogP contribution >= 0.6 is 23.6 Å². The third-order valence-corrected chi connectivity index (χ3v) is 3.30. The lowest BCUT2D eigenvalue weighted by Gasteiger charge is -2.09. The van der Waals surface area contributed by atoms with E-state index in [9.17, 15) is 0 Å². The van der Waals surface area contributed by atoms with Gasteiger partial charge in [-0.25, -0.2) is 4.98 Å². The fourth-order valence-electron chi connectivity index (χ4n) is 1.40. The van der Waals surface area contributed by atoms with Crippen molar-refractivity contribution < 1.29 is 0 Å². The van der Waals surface area contributed by atoms with Gasteiger partial charge in [-0.1, -0.05) is 6.08 Å². The second-order valence-electron chi connectivity index (χ2n) is 3.54. The van der Waals surface area contributed by atoms with Crippen molar-refractivity contribution >= 4 is 34.4 Å². The molecule has 0 aliphatic rings. The first kappa shape index (κ1) is 12.7. The highest BCUT2D eigenvalue weighted by atomic mass is 32.1. The fraction of sp³-hybridized carbons (Fsp3) is 0.0769. The van der Waals surface area contributed by atoms with Crippen LogP contribution in [0.3, 0.4) is 0 Å². The quantitative estimate of drug-likeness (QED) is 0.663. The van der Waals surface area contributed by atoms with Gasteiger partial charge in [-0.3, -0.25) is 0 Å². The van der Waals surface area contributed by atoms with E-state index in [1.807, 2.05) is 29.6 Å². The highest BCUT2D eigenvalue weighted by Gasteiger charge is 2.01. The van der Waals surface area contributed by atoms with Crippen LogP contribution in [0, 0.1) is 0 Å². The molecule has 1 heterocycles. The highest BCUT2D eigenvalue weighted by molar-refractivity contribution is 7.80. The van der Waals surface area contributed by atoms with Gasteiger partial charge in [0, 0.05) is 29.4 Å². The molecule has 3 nitrogen and oxygen atoms in total. The zero-order chi connectivity index (χ0) is 12.8. The van der Waals surface area contributed by atoms with E-state index in [-0.39, 0.29) is 0 Å². The van der Waals surface area contributed by atoms with E-state index in [2.05, 4.69) is 22.2 Å². The van der Waals surface area contributed by atoms with E-state index < -0.39 is 0 Å². The Morgan fingerprint density at radius 2 is 2.17 bits per heavy atom. The van der Waals surface area contributed by atoms with Crippen molar-refractivity contribution in [2.24, 2.45) is 0 Å². The molecule has 2 N–H and O–H groups in total. The van der Waals surface area contributed by atoms with E-state index in [0.717, 1.165) is 16.3 Å². The van der Waals surface area contributed by atoms with Crippen molar-refractivity contribution in [2.75, 3.05) is 11.9 Å². The number of hydrogen-bond donors (Lipinski definition) is 2. The predicted octanol–water partition coefficient (Wildman–Crippen LogP) is 3.28. The van der Waals surface area contributed by atoms with Gasteiger partial charge in [0.1, 0.15) is 5.01 Å². The molecule has 0 aliphatic heterocycles. The maximum Gasteiger partial charge on any atom is 0.171 e. The normalized spacial score (nSPS) is 9.78. The van der Waals surface area contributed by atoms with Crippen LogP contribution in [-0.4, -0.2) is 16.6 Å². The third-order valence-electron chi connectivity index (χ3n) is 2.23. The summed E-state index contributed by atoms with van der Waals surface area (Å²) in [5, 5.41) is 9.70. The van der Waals surface area contributed by atoms with Gasteiger partial charge in [0.25, 0.3) is 0 Å². The molecule has 1 aromatic carbocycles. The lowest BCUT2D eigenvalue weighted by molar-refractivity contribution is 1.06. The molecule has 0 radical (unpaired) electrons. The second kappa shape index (κ2) is 6.28. The maximum absolute atomic E-state index is 5.13. The third kappa shape index (κ3) is 3.38. The van der Waals surface area contributed by atoms with Gasteiger partial charge >= 0.3 is 0 Å². The zero-order valence-corrected chi connectivity index (χ0v) is 11.4. The van der Waals surface area contributed by atoms with Crippen LogP contribution in [0.25, 0.3) is 10.6 Å². The molecule has 0 bridgehead atoms. The molecule has 0 aliphatic carbocycles. The molecule has 92 valence electrons. The van der Waals surface area contributed by atoms with Crippen LogP contribution < -0.4 is 10.6 Å². The van der Waals surface area contributed by atoms with E-state index in [0.29, 0.717) is 11.7 Å². The largest absolute Gasteiger partial charge is 0.359 e. The molecule has 0 saturated heterocycles. The number of thiazole rings is 1. The Balaban J connectivity index is 2.00. The molecule has 5 heteroatoms. The smallest absolute Gasteiger partial charge is 0.171 e. The number of rotatable bonds is 4. The summed E-state index contributed by atoms with van der Waals surface area (Å²) >= 11 is 6.76. The predicted molar refractivity (Wildman–Crippen MR) is 82.0 cm³/mol. The fourth-order valence-corrected chi connectivity index (χ4v) is 2.25. The number of nitrogens with one attached hydrogen (secondary N) is 2. The first-order valence-corrected chi connectivity index (χ1v) is 6.74. The standard InChI is InChI=1S/C13H13N3S2/c1-2-7-15-13(17)16-11-5-3-10(4-6-11)12-14-8-9-18-12/h2-6,8-9H,1,7H2,(H2,15,16,17). The Hall–Kier alpha value is -1.72. The van der Waals surface area contributed by atoms with Crippen LogP contribution in [0.2, 0.25) is 0 Å². The van der Waals surface area contributed by atoms with Gasteiger partial charge in [0.05, 0.1) is 0 Å². The van der Waals surface area contributed by atoms with Crippen LogP contribution in [0.5, 0.6) is 0 Å². The number of aromatic nitrogens is 1. The van der Waals surface area contributed by atoms with E-state index in [1.54, 1.807) is 23.6 Å². The van der Waals surface area contributed by atoms with Crippen molar-refractivity contribution in [3.05, 3.63) is 48.5 Å². The zero-order valence-electron chi connectivity index (χ0n) is 9.72. The monoisotopic (exact) mass is 275 g/mol. The van der Waals surface area contributed by atoms with Crippen molar-refractivity contribution in [1.29, 1.82) is 0 Å². The summed E-state index contributed by atoms with van der Waals surface area (Å²) in [6.07, 6.45) is 3.57. The highest BCUT2D eigenvalue weighted by Crippen LogP contribution is 2.23. The lowest BCUT2D eigenvalue weighted by Crippen LogP contribution is -2.28. The summed E-state index contributed by atoms with van der Waals surface area (Å²) in [5.74, 6) is 0. The van der Waals surface area contributed by atoms with Gasteiger partial charge in [-0.2, -0.15) is 0 Å². The van der Waals surface area contributed by atoms with Gasteiger partial charge in [-0.15, -0.1) is 17.9 Å². The minimum Gasteiger partial charge on any atom is -0.359 e. The molecule has 0 spiro atoms. The lowest BCUT2D eigenvalue weighted by atomic mass is 10.2. The van der Waals surface area contributed by atoms with Gasteiger partial charge in [0.15, 0.2) is 5.11 Å². The van der Waals surface area contributed by atoms with Gasteiger partial charge in [-0.05, 0) is 36.5 Å². The Morgan fingerprint density at radius 3 is 2.78 bits per heavy atom. The summed E-state index contributed by atoms with van der Waals surface area (Å²) < 4.78 is 0. The van der Waals surface area contributed by atoms with E-state index in [4.69, 9.17) is 12.2 Å². The van der Waals surface area contributed by atoms with E-state index in [1.165, 1.54) is 0 Å². The van der Waals surface area contributed by atoms with Crippen LogP contribution in [-0.2, 0) is 0 Å². The Labute approximate surface area is 116 Å². The Bertz CT molecular complexity index is 518. The number of benzene rings is 1. The minimum atomic E-state index is 0.594. The molecule has 0 fully saturated rings. The summed E-state index contributed by atoms with van der Waals surface area (Å²) in [7, 11) is 0. The van der Waals surface area contributed by atoms with Crippen molar-refractivity contribution in [1.82, 2.24) is 10.3 Å². The molecule has 1 aromatic heterocycles. The first-order valence-electron chi connectivity index (χ1n) is 5.45. The SMILES string of the molecule is C=CCNC(=S)Nc1ccc(-c2nccs2)cc1. The van der Waals surface area contributed by atoms with Crippen LogP contribution in [0.1, 0.15) is 0 Å². The Morgan fingerprint density at radius 1 is 1.39 bits per heavy atom. The van der Waals surface area contributed by atoms with E-state index >= 15 is 0 Å². The summed E-state index contributed by atoms with van der Waals surface area (Å²) in [4.78, 5) is 4.27. The summed E-state index contributed by atoms with van der Waals surface area (Å²) in [6, 6.07) is 8.02. The van der Waals surface area contributed by atoms with Crippen molar-refractivity contribution in [3.8, 4) is 10.6 Å². The maximum atomic E-state index is 5.13. The molecule has 2 aromatic rings. The van der Waals surface area contributed by atoms with Gasteiger partial charge < -0.3 is 10.6 Å². The number of anilines is 1. The minimum absolute atomic E-state index is 0.594. The molecule has 18 heavy (non-hydrogen) atoms. The summed E-state index contributed by atoms with van der Waals surface area (Å²) in [6.45, 7) is 4.28. The first-order chi connectivity index (χ1) is 8.79. The average Bonchev–Trinajstić information content (AvgIpc) is 2.91. The molecule has 0 saturated carbocycles. The molecule has 0 amide bonds. The number of hydrogen-bond acceptors (Lipinski definition) is 3. The van der Waals surface area contributed by atoms with Crippen LogP contribution in [0.15, 0.2) is 48.5 Å². The molecular formula is C13H13N3S2. The number of nitrogens with zero attached hydrogens (tertiary/aromatic N) is 1. The molecular weight excluding hydrogens is 262 g/mol. The van der Waals surface area contributed by atoms with Gasteiger partial charge in [0.2, 0.25) is 0 Å². The van der Waals surface area contributed by atoms with Crippen molar-refractivity contribution in [2.45, 2.75) is 0 Å². The Kier molecular flexibility index (Phi) is 4.44. The number of thiocarbonyl (C=S) groups is 1. The second-order valence-corrected chi connectivity index (χ2v) is 4.84. The average molecular weight is 275 g/mol. The molecule has 2 rings (SSSR count). The molecule has 0 atom stereocenters. The molecule has 0 unspecified atom stereocenters. The summed E-state index contributed by atoms with van der Waals surface area (Å²) in [5.41, 5.74) is 2.07.